The SMILES string of the molecule is CCCCO[C](=O)[Sn][C](=O)OCCCC. The standard InChI is InChI=1S/2C5H9O2.Sn/c2*1-2-3-4-7-5-6;/h2*2-4H2,1H3;. The van der Waals surface area contributed by atoms with E-state index in [2.05, 4.69) is 0 Å². The van der Waals surface area contributed by atoms with Crippen LogP contribution in [0.1, 0.15) is 39.5 Å². The van der Waals surface area contributed by atoms with Gasteiger partial charge in [-0.05, 0) is 0 Å². The van der Waals surface area contributed by atoms with Gasteiger partial charge in [0.15, 0.2) is 0 Å². The van der Waals surface area contributed by atoms with E-state index in [1.165, 1.54) is 0 Å². The van der Waals surface area contributed by atoms with Gasteiger partial charge in [-0.3, -0.25) is 0 Å². The van der Waals surface area contributed by atoms with Gasteiger partial charge in [0.25, 0.3) is 0 Å². The summed E-state index contributed by atoms with van der Waals surface area (Å²) in [5.41, 5.74) is 0. The second-order valence-corrected chi connectivity index (χ2v) is 6.15. The normalized spacial score (nSPS) is 9.73. The molecular weight excluding hydrogens is 303 g/mol. The number of rotatable bonds is 8. The minimum atomic E-state index is -1.80. The van der Waals surface area contributed by atoms with E-state index in [1.54, 1.807) is 0 Å². The van der Waals surface area contributed by atoms with E-state index in [4.69, 9.17) is 9.47 Å². The average molecular weight is 321 g/mol. The van der Waals surface area contributed by atoms with Crippen molar-refractivity contribution < 1.29 is 19.1 Å². The first-order valence-corrected chi connectivity index (χ1v) is 8.16. The predicted octanol–water partition coefficient (Wildman–Crippen LogP) is 2.56. The van der Waals surface area contributed by atoms with Crippen molar-refractivity contribution in [2.24, 2.45) is 0 Å². The fraction of sp³-hybridized carbons (Fsp3) is 0.800. The molecule has 0 spiro atoms. The topological polar surface area (TPSA) is 52.6 Å². The van der Waals surface area contributed by atoms with Crippen LogP contribution in [0.5, 0.6) is 0 Å². The molecule has 86 valence electrons. The molecule has 0 bridgehead atoms. The summed E-state index contributed by atoms with van der Waals surface area (Å²) in [6.07, 6.45) is 3.69. The van der Waals surface area contributed by atoms with E-state index in [0.717, 1.165) is 25.7 Å². The van der Waals surface area contributed by atoms with Crippen molar-refractivity contribution in [1.82, 2.24) is 0 Å². The van der Waals surface area contributed by atoms with Gasteiger partial charge in [-0.1, -0.05) is 0 Å². The van der Waals surface area contributed by atoms with Crippen molar-refractivity contribution in [3.05, 3.63) is 0 Å². The minimum absolute atomic E-state index is 0.325. The Labute approximate surface area is 101 Å². The molecule has 0 atom stereocenters. The van der Waals surface area contributed by atoms with Gasteiger partial charge in [0.1, 0.15) is 0 Å². The third-order valence-corrected chi connectivity index (χ3v) is 3.66. The monoisotopic (exact) mass is 322 g/mol. The Hall–Kier alpha value is -0.261. The molecule has 0 aliphatic heterocycles. The average Bonchev–Trinajstić information content (AvgIpc) is 2.18. The van der Waals surface area contributed by atoms with Crippen LogP contribution in [0.3, 0.4) is 0 Å². The molecule has 0 saturated heterocycles. The van der Waals surface area contributed by atoms with Crippen molar-refractivity contribution in [3.8, 4) is 0 Å². The summed E-state index contributed by atoms with van der Waals surface area (Å²) in [5.74, 6) is 0. The van der Waals surface area contributed by atoms with Crippen molar-refractivity contribution in [1.29, 1.82) is 0 Å². The van der Waals surface area contributed by atoms with Crippen LogP contribution < -0.4 is 0 Å². The van der Waals surface area contributed by atoms with Crippen LogP contribution in [0.4, 0.5) is 9.59 Å². The zero-order valence-corrected chi connectivity index (χ0v) is 12.2. The van der Waals surface area contributed by atoms with E-state index in [0.29, 0.717) is 13.2 Å². The van der Waals surface area contributed by atoms with Crippen LogP contribution in [0.15, 0.2) is 0 Å². The Bertz CT molecular complexity index is 174. The first-order chi connectivity index (χ1) is 7.20. The molecule has 4 nitrogen and oxygen atoms in total. The molecule has 0 amide bonds. The van der Waals surface area contributed by atoms with Gasteiger partial charge < -0.3 is 0 Å². The first-order valence-electron chi connectivity index (χ1n) is 5.31. The Morgan fingerprint density at radius 1 is 0.933 bits per heavy atom. The predicted molar refractivity (Wildman–Crippen MR) is 58.3 cm³/mol. The van der Waals surface area contributed by atoms with Crippen LogP contribution >= 0.6 is 0 Å². The van der Waals surface area contributed by atoms with Crippen LogP contribution in [0.25, 0.3) is 0 Å². The molecule has 15 heavy (non-hydrogen) atoms. The Morgan fingerprint density at radius 2 is 1.33 bits per heavy atom. The van der Waals surface area contributed by atoms with E-state index in [1.807, 2.05) is 13.8 Å². The van der Waals surface area contributed by atoms with E-state index in [-0.39, 0.29) is 7.97 Å². The van der Waals surface area contributed by atoms with Gasteiger partial charge in [0.2, 0.25) is 0 Å². The van der Waals surface area contributed by atoms with E-state index in [9.17, 15) is 9.59 Å². The van der Waals surface area contributed by atoms with E-state index < -0.39 is 21.1 Å². The number of carbonyl (C=O) groups is 2. The fourth-order valence-electron chi connectivity index (χ4n) is 0.774. The Morgan fingerprint density at radius 3 is 1.67 bits per heavy atom. The second-order valence-electron chi connectivity index (χ2n) is 3.10. The van der Waals surface area contributed by atoms with Gasteiger partial charge >= 0.3 is 101 Å². The summed E-state index contributed by atoms with van der Waals surface area (Å²) in [7, 11) is 0. The summed E-state index contributed by atoms with van der Waals surface area (Å²) in [5, 5.41) is 0. The fourth-order valence-corrected chi connectivity index (χ4v) is 2.24. The molecule has 0 heterocycles. The second kappa shape index (κ2) is 10.3. The van der Waals surface area contributed by atoms with Crippen molar-refractivity contribution in [2.75, 3.05) is 13.2 Å². The van der Waals surface area contributed by atoms with Crippen LogP contribution in [-0.4, -0.2) is 42.3 Å². The maximum atomic E-state index is 11.1. The number of hydrogen-bond donors (Lipinski definition) is 0. The molecule has 0 saturated carbocycles. The van der Waals surface area contributed by atoms with Crippen molar-refractivity contribution in [3.63, 3.8) is 0 Å². The third-order valence-electron chi connectivity index (χ3n) is 1.67. The Kier molecular flexibility index (Phi) is 10.1. The molecule has 2 radical (unpaired) electrons. The molecule has 0 aliphatic carbocycles. The van der Waals surface area contributed by atoms with Gasteiger partial charge in [-0.25, -0.2) is 0 Å². The number of carbonyl (C=O) groups excluding carboxylic acids is 2. The zero-order valence-electron chi connectivity index (χ0n) is 9.38. The van der Waals surface area contributed by atoms with Gasteiger partial charge in [0, 0.05) is 0 Å². The van der Waals surface area contributed by atoms with Gasteiger partial charge in [-0.15, -0.1) is 0 Å². The molecule has 0 unspecified atom stereocenters. The quantitative estimate of drug-likeness (QED) is 0.509. The van der Waals surface area contributed by atoms with Crippen LogP contribution in [-0.2, 0) is 9.47 Å². The molecule has 5 heteroatoms. The number of hydrogen-bond acceptors (Lipinski definition) is 4. The summed E-state index contributed by atoms with van der Waals surface area (Å²) in [4.78, 5) is 22.2. The van der Waals surface area contributed by atoms with Crippen molar-refractivity contribution >= 4 is 29.1 Å². The third kappa shape index (κ3) is 10.0. The van der Waals surface area contributed by atoms with Gasteiger partial charge in [-0.2, -0.15) is 0 Å². The molecular formula is C10H18O4Sn. The molecule has 0 rings (SSSR count). The Balaban J connectivity index is 3.45. The summed E-state index contributed by atoms with van der Waals surface area (Å²) in [6, 6.07) is 0. The summed E-state index contributed by atoms with van der Waals surface area (Å²) < 4.78 is 9.14. The van der Waals surface area contributed by atoms with E-state index >= 15 is 0 Å². The van der Waals surface area contributed by atoms with Crippen LogP contribution in [0, 0.1) is 0 Å². The molecule has 0 aromatic carbocycles. The molecule has 0 aliphatic rings. The van der Waals surface area contributed by atoms with Gasteiger partial charge in [0.05, 0.1) is 0 Å². The zero-order chi connectivity index (χ0) is 11.5. The molecule has 0 aromatic rings. The number of ether oxygens (including phenoxy) is 2. The maximum absolute atomic E-state index is 11.1. The first kappa shape index (κ1) is 14.7. The van der Waals surface area contributed by atoms with Crippen LogP contribution in [0.2, 0.25) is 0 Å². The summed E-state index contributed by atoms with van der Waals surface area (Å²) >= 11 is -1.80. The molecule has 0 N–H and O–H groups in total. The van der Waals surface area contributed by atoms with Crippen molar-refractivity contribution in [2.45, 2.75) is 39.5 Å². The number of unbranched alkanes of at least 4 members (excludes halogenated alkanes) is 2. The molecule has 0 aromatic heterocycles. The summed E-state index contributed by atoms with van der Waals surface area (Å²) in [6.45, 7) is 4.90. The molecule has 0 fully saturated rings.